The first-order valence-electron chi connectivity index (χ1n) is 9.59. The standard InChI is InChI=1S/C18H34N4O3/c1-4-18(5-2,14-19)17(24)22-8-6-20(7-9-22)15(3)16(23)21-10-12-25-13-11-21/h15H,4-14,19H2,1-3H3. The number of amides is 2. The number of nitrogens with zero attached hydrogens (tertiary/aromatic N) is 3. The fraction of sp³-hybridized carbons (Fsp3) is 0.889. The van der Waals surface area contributed by atoms with E-state index in [1.165, 1.54) is 0 Å². The number of rotatable bonds is 6. The summed E-state index contributed by atoms with van der Waals surface area (Å²) < 4.78 is 5.32. The van der Waals surface area contributed by atoms with Gasteiger partial charge in [-0.05, 0) is 19.8 Å². The second-order valence-electron chi connectivity index (χ2n) is 7.13. The Hall–Kier alpha value is -1.18. The van der Waals surface area contributed by atoms with Crippen LogP contribution in [0.25, 0.3) is 0 Å². The van der Waals surface area contributed by atoms with Crippen molar-refractivity contribution in [3.05, 3.63) is 0 Å². The molecule has 7 heteroatoms. The number of hydrogen-bond donors (Lipinski definition) is 1. The van der Waals surface area contributed by atoms with E-state index in [4.69, 9.17) is 10.5 Å². The van der Waals surface area contributed by atoms with Crippen molar-refractivity contribution >= 4 is 11.8 Å². The molecule has 0 aromatic heterocycles. The largest absolute Gasteiger partial charge is 0.378 e. The summed E-state index contributed by atoms with van der Waals surface area (Å²) in [6, 6.07) is -0.146. The van der Waals surface area contributed by atoms with Gasteiger partial charge in [0.15, 0.2) is 0 Å². The molecule has 0 spiro atoms. The third kappa shape index (κ3) is 4.33. The molecule has 2 rings (SSSR count). The molecule has 144 valence electrons. The van der Waals surface area contributed by atoms with Crippen molar-refractivity contribution < 1.29 is 14.3 Å². The van der Waals surface area contributed by atoms with E-state index in [9.17, 15) is 9.59 Å². The zero-order valence-electron chi connectivity index (χ0n) is 16.0. The van der Waals surface area contributed by atoms with Gasteiger partial charge in [-0.15, -0.1) is 0 Å². The summed E-state index contributed by atoms with van der Waals surface area (Å²) in [6.45, 7) is 11.8. The summed E-state index contributed by atoms with van der Waals surface area (Å²) in [6.07, 6.45) is 1.54. The van der Waals surface area contributed by atoms with Crippen LogP contribution in [0.1, 0.15) is 33.6 Å². The quantitative estimate of drug-likeness (QED) is 0.734. The average molecular weight is 354 g/mol. The van der Waals surface area contributed by atoms with Crippen LogP contribution in [0.3, 0.4) is 0 Å². The molecule has 0 saturated carbocycles. The smallest absolute Gasteiger partial charge is 0.239 e. The van der Waals surface area contributed by atoms with E-state index in [0.717, 1.165) is 25.9 Å². The lowest BCUT2D eigenvalue weighted by Crippen LogP contribution is -2.58. The van der Waals surface area contributed by atoms with Crippen LogP contribution >= 0.6 is 0 Å². The maximum Gasteiger partial charge on any atom is 0.239 e. The number of nitrogens with two attached hydrogens (primary N) is 1. The SMILES string of the molecule is CCC(CC)(CN)C(=O)N1CCN(C(C)C(=O)N2CCOCC2)CC1. The number of ether oxygens (including phenoxy) is 1. The lowest BCUT2D eigenvalue weighted by atomic mass is 9.80. The van der Waals surface area contributed by atoms with Gasteiger partial charge in [0.1, 0.15) is 0 Å². The number of morpholine rings is 1. The predicted octanol–water partition coefficient (Wildman–Crippen LogP) is 0.143. The van der Waals surface area contributed by atoms with Gasteiger partial charge < -0.3 is 20.3 Å². The first-order valence-corrected chi connectivity index (χ1v) is 9.59. The molecule has 0 aromatic carbocycles. The fourth-order valence-corrected chi connectivity index (χ4v) is 3.78. The van der Waals surface area contributed by atoms with E-state index >= 15 is 0 Å². The molecular formula is C18H34N4O3. The Bertz CT molecular complexity index is 445. The van der Waals surface area contributed by atoms with Crippen molar-refractivity contribution in [1.29, 1.82) is 0 Å². The van der Waals surface area contributed by atoms with Gasteiger partial charge in [-0.2, -0.15) is 0 Å². The van der Waals surface area contributed by atoms with Crippen molar-refractivity contribution in [2.45, 2.75) is 39.7 Å². The number of carbonyl (C=O) groups excluding carboxylic acids is 2. The molecular weight excluding hydrogens is 320 g/mol. The van der Waals surface area contributed by atoms with E-state index in [-0.39, 0.29) is 17.9 Å². The minimum Gasteiger partial charge on any atom is -0.378 e. The summed E-state index contributed by atoms with van der Waals surface area (Å²) in [7, 11) is 0. The van der Waals surface area contributed by atoms with Gasteiger partial charge in [0.25, 0.3) is 0 Å². The number of hydrogen-bond acceptors (Lipinski definition) is 5. The molecule has 0 bridgehead atoms. The van der Waals surface area contributed by atoms with Crippen LogP contribution < -0.4 is 5.73 Å². The van der Waals surface area contributed by atoms with Gasteiger partial charge >= 0.3 is 0 Å². The van der Waals surface area contributed by atoms with Crippen LogP contribution in [0, 0.1) is 5.41 Å². The van der Waals surface area contributed by atoms with Gasteiger partial charge in [0.2, 0.25) is 11.8 Å². The van der Waals surface area contributed by atoms with Crippen molar-refractivity contribution in [3.63, 3.8) is 0 Å². The summed E-state index contributed by atoms with van der Waals surface area (Å²) in [5.41, 5.74) is 5.48. The van der Waals surface area contributed by atoms with Gasteiger partial charge in [-0.3, -0.25) is 14.5 Å². The Morgan fingerprint density at radius 1 is 1.00 bits per heavy atom. The predicted molar refractivity (Wildman–Crippen MR) is 97.1 cm³/mol. The number of carbonyl (C=O) groups is 2. The van der Waals surface area contributed by atoms with Gasteiger partial charge in [-0.1, -0.05) is 13.8 Å². The van der Waals surface area contributed by atoms with E-state index < -0.39 is 5.41 Å². The first-order chi connectivity index (χ1) is 12.0. The highest BCUT2D eigenvalue weighted by atomic mass is 16.5. The maximum atomic E-state index is 12.9. The van der Waals surface area contributed by atoms with Crippen LogP contribution in [0.4, 0.5) is 0 Å². The minimum atomic E-state index is -0.433. The zero-order chi connectivity index (χ0) is 18.4. The topological polar surface area (TPSA) is 79.1 Å². The first kappa shape index (κ1) is 20.1. The number of piperazine rings is 1. The molecule has 2 N–H and O–H groups in total. The summed E-state index contributed by atoms with van der Waals surface area (Å²) in [5.74, 6) is 0.341. The van der Waals surface area contributed by atoms with E-state index in [2.05, 4.69) is 4.90 Å². The highest BCUT2D eigenvalue weighted by Gasteiger charge is 2.39. The average Bonchev–Trinajstić information content (AvgIpc) is 2.69. The molecule has 2 aliphatic rings. The molecule has 2 amide bonds. The second-order valence-corrected chi connectivity index (χ2v) is 7.13. The minimum absolute atomic E-state index is 0.146. The monoisotopic (exact) mass is 354 g/mol. The molecule has 2 fully saturated rings. The molecule has 25 heavy (non-hydrogen) atoms. The Labute approximate surface area is 151 Å². The van der Waals surface area contributed by atoms with Crippen molar-refractivity contribution in [2.75, 3.05) is 59.0 Å². The molecule has 2 heterocycles. The summed E-state index contributed by atoms with van der Waals surface area (Å²) >= 11 is 0. The lowest BCUT2D eigenvalue weighted by molar-refractivity contribution is -0.146. The normalized spacial score (nSPS) is 21.3. The van der Waals surface area contributed by atoms with Crippen molar-refractivity contribution in [3.8, 4) is 0 Å². The van der Waals surface area contributed by atoms with Crippen molar-refractivity contribution in [2.24, 2.45) is 11.1 Å². The Morgan fingerprint density at radius 2 is 1.56 bits per heavy atom. The molecule has 1 atom stereocenters. The molecule has 1 unspecified atom stereocenters. The highest BCUT2D eigenvalue weighted by molar-refractivity contribution is 5.83. The van der Waals surface area contributed by atoms with Crippen LogP contribution in [-0.4, -0.2) is 91.6 Å². The van der Waals surface area contributed by atoms with Crippen LogP contribution in [-0.2, 0) is 14.3 Å². The molecule has 0 aromatic rings. The summed E-state index contributed by atoms with van der Waals surface area (Å²) in [4.78, 5) is 31.6. The van der Waals surface area contributed by atoms with Crippen LogP contribution in [0.5, 0.6) is 0 Å². The Balaban J connectivity index is 1.90. The molecule has 0 aliphatic carbocycles. The molecule has 2 aliphatic heterocycles. The van der Waals surface area contributed by atoms with Gasteiger partial charge in [-0.25, -0.2) is 0 Å². The van der Waals surface area contributed by atoms with Crippen LogP contribution in [0.2, 0.25) is 0 Å². The van der Waals surface area contributed by atoms with E-state index in [1.54, 1.807) is 0 Å². The Morgan fingerprint density at radius 3 is 2.04 bits per heavy atom. The van der Waals surface area contributed by atoms with E-state index in [0.29, 0.717) is 45.9 Å². The summed E-state index contributed by atoms with van der Waals surface area (Å²) in [5, 5.41) is 0. The third-order valence-electron chi connectivity index (χ3n) is 6.03. The van der Waals surface area contributed by atoms with Crippen molar-refractivity contribution in [1.82, 2.24) is 14.7 Å². The second kappa shape index (κ2) is 8.96. The Kier molecular flexibility index (Phi) is 7.22. The van der Waals surface area contributed by atoms with Gasteiger partial charge in [0.05, 0.1) is 24.7 Å². The zero-order valence-corrected chi connectivity index (χ0v) is 16.0. The maximum absolute atomic E-state index is 12.9. The molecule has 2 saturated heterocycles. The van der Waals surface area contributed by atoms with Gasteiger partial charge in [0, 0.05) is 45.8 Å². The highest BCUT2D eigenvalue weighted by Crippen LogP contribution is 2.28. The lowest BCUT2D eigenvalue weighted by Gasteiger charge is -2.42. The third-order valence-corrected chi connectivity index (χ3v) is 6.03. The van der Waals surface area contributed by atoms with Crippen LogP contribution in [0.15, 0.2) is 0 Å². The molecule has 7 nitrogen and oxygen atoms in total. The fourth-order valence-electron chi connectivity index (χ4n) is 3.78. The van der Waals surface area contributed by atoms with E-state index in [1.807, 2.05) is 30.6 Å². The molecule has 0 radical (unpaired) electrons.